The Morgan fingerprint density at radius 1 is 1.40 bits per heavy atom. The maximum absolute atomic E-state index is 10.9. The van der Waals surface area contributed by atoms with Crippen molar-refractivity contribution in [3.63, 3.8) is 0 Å². The third-order valence-corrected chi connectivity index (χ3v) is 1.27. The quantitative estimate of drug-likeness (QED) is 0.574. The first kappa shape index (κ1) is 9.21. The molecule has 0 bridgehead atoms. The van der Waals surface area contributed by atoms with E-state index < -0.39 is 0 Å². The summed E-state index contributed by atoms with van der Waals surface area (Å²) in [4.78, 5) is 12.6. The fourth-order valence-electron chi connectivity index (χ4n) is 1.07. The summed E-state index contributed by atoms with van der Waals surface area (Å²) < 4.78 is 0. The zero-order valence-electron chi connectivity index (χ0n) is 7.14. The molecule has 0 spiro atoms. The van der Waals surface area contributed by atoms with Crippen molar-refractivity contribution in [1.82, 2.24) is 4.90 Å². The van der Waals surface area contributed by atoms with Crippen molar-refractivity contribution in [3.05, 3.63) is 12.3 Å². The molecule has 0 aromatic carbocycles. The molecule has 0 aliphatic carbocycles. The molecule has 0 aromatic heterocycles. The number of carbonyl (C=O) groups is 1. The Labute approximate surface area is 62.5 Å². The van der Waals surface area contributed by atoms with Crippen LogP contribution in [-0.4, -0.2) is 16.8 Å². The van der Waals surface area contributed by atoms with Crippen LogP contribution < -0.4 is 0 Å². The topological polar surface area (TPSA) is 20.3 Å². The average molecular weight is 141 g/mol. The van der Waals surface area contributed by atoms with E-state index in [0.717, 1.165) is 5.70 Å². The fourth-order valence-corrected chi connectivity index (χ4v) is 1.07. The Balaban J connectivity index is 4.27. The van der Waals surface area contributed by atoms with E-state index in [2.05, 4.69) is 6.58 Å². The van der Waals surface area contributed by atoms with Crippen molar-refractivity contribution >= 4 is 5.91 Å². The summed E-state index contributed by atoms with van der Waals surface area (Å²) in [6, 6.07) is 0.218. The molecule has 0 fully saturated rings. The van der Waals surface area contributed by atoms with E-state index in [1.54, 1.807) is 11.8 Å². The minimum absolute atomic E-state index is 0.0579. The smallest absolute Gasteiger partial charge is 0.223 e. The third kappa shape index (κ3) is 2.21. The maximum Gasteiger partial charge on any atom is 0.223 e. The molecule has 2 nitrogen and oxygen atoms in total. The lowest BCUT2D eigenvalue weighted by Gasteiger charge is -2.24. The minimum Gasteiger partial charge on any atom is -0.315 e. The summed E-state index contributed by atoms with van der Waals surface area (Å²) >= 11 is 0. The molecule has 0 N–H and O–H groups in total. The van der Waals surface area contributed by atoms with E-state index in [1.807, 2.05) is 20.8 Å². The Morgan fingerprint density at radius 3 is 1.80 bits per heavy atom. The van der Waals surface area contributed by atoms with Crippen LogP contribution in [0.15, 0.2) is 12.3 Å². The van der Waals surface area contributed by atoms with Crippen molar-refractivity contribution in [1.29, 1.82) is 0 Å². The van der Waals surface area contributed by atoms with Gasteiger partial charge in [0.25, 0.3) is 0 Å². The number of amides is 1. The highest BCUT2D eigenvalue weighted by atomic mass is 16.2. The molecule has 0 aliphatic heterocycles. The monoisotopic (exact) mass is 141 g/mol. The number of nitrogens with zero attached hydrogens (tertiary/aromatic N) is 1. The van der Waals surface area contributed by atoms with E-state index >= 15 is 0 Å². The van der Waals surface area contributed by atoms with Crippen LogP contribution in [0, 0.1) is 0 Å². The molecule has 0 atom stereocenters. The summed E-state index contributed by atoms with van der Waals surface area (Å²) in [6.45, 7) is 11.0. The molecule has 10 heavy (non-hydrogen) atoms. The van der Waals surface area contributed by atoms with Crippen LogP contribution in [-0.2, 0) is 4.79 Å². The molecule has 1 amide bonds. The summed E-state index contributed by atoms with van der Waals surface area (Å²) in [5.74, 6) is 0.0579. The second kappa shape index (κ2) is 3.40. The van der Waals surface area contributed by atoms with Crippen LogP contribution in [0.2, 0.25) is 0 Å². The van der Waals surface area contributed by atoms with Gasteiger partial charge < -0.3 is 4.90 Å². The van der Waals surface area contributed by atoms with Gasteiger partial charge in [-0.3, -0.25) is 4.79 Å². The van der Waals surface area contributed by atoms with Crippen LogP contribution in [0.1, 0.15) is 27.7 Å². The largest absolute Gasteiger partial charge is 0.315 e. The van der Waals surface area contributed by atoms with E-state index in [1.165, 1.54) is 0 Å². The highest BCUT2D eigenvalue weighted by molar-refractivity contribution is 5.75. The van der Waals surface area contributed by atoms with Crippen LogP contribution in [0.4, 0.5) is 0 Å². The van der Waals surface area contributed by atoms with Crippen molar-refractivity contribution in [2.24, 2.45) is 0 Å². The number of hydrogen-bond acceptors (Lipinski definition) is 1. The molecule has 2 heteroatoms. The Hall–Kier alpha value is -0.790. The first-order valence-corrected chi connectivity index (χ1v) is 3.42. The van der Waals surface area contributed by atoms with Gasteiger partial charge in [-0.1, -0.05) is 6.58 Å². The van der Waals surface area contributed by atoms with Gasteiger partial charge in [-0.15, -0.1) is 0 Å². The molecule has 0 aromatic rings. The van der Waals surface area contributed by atoms with Gasteiger partial charge >= 0.3 is 0 Å². The van der Waals surface area contributed by atoms with Gasteiger partial charge in [0.1, 0.15) is 0 Å². The second-order valence-electron chi connectivity index (χ2n) is 2.72. The van der Waals surface area contributed by atoms with Gasteiger partial charge in [0.15, 0.2) is 0 Å². The molecule has 0 rings (SSSR count). The zero-order chi connectivity index (χ0) is 8.31. The van der Waals surface area contributed by atoms with Crippen LogP contribution in [0.5, 0.6) is 0 Å². The molecule has 0 heterocycles. The van der Waals surface area contributed by atoms with E-state index in [-0.39, 0.29) is 11.9 Å². The molecule has 0 unspecified atom stereocenters. The van der Waals surface area contributed by atoms with Gasteiger partial charge in [-0.25, -0.2) is 0 Å². The molecule has 0 saturated heterocycles. The van der Waals surface area contributed by atoms with Crippen molar-refractivity contribution in [2.75, 3.05) is 0 Å². The lowest BCUT2D eigenvalue weighted by molar-refractivity contribution is -0.128. The molecular weight excluding hydrogens is 126 g/mol. The maximum atomic E-state index is 10.9. The first-order chi connectivity index (χ1) is 4.46. The molecule has 58 valence electrons. The van der Waals surface area contributed by atoms with Crippen molar-refractivity contribution in [2.45, 2.75) is 33.7 Å². The van der Waals surface area contributed by atoms with Crippen LogP contribution in [0.3, 0.4) is 0 Å². The Kier molecular flexibility index (Phi) is 3.13. The van der Waals surface area contributed by atoms with E-state index in [9.17, 15) is 4.79 Å². The van der Waals surface area contributed by atoms with Crippen LogP contribution >= 0.6 is 0 Å². The van der Waals surface area contributed by atoms with Gasteiger partial charge in [-0.2, -0.15) is 0 Å². The summed E-state index contributed by atoms with van der Waals surface area (Å²) in [5, 5.41) is 0. The number of carbonyl (C=O) groups excluding carboxylic acids is 1. The van der Waals surface area contributed by atoms with Gasteiger partial charge in [0.05, 0.1) is 0 Å². The summed E-state index contributed by atoms with van der Waals surface area (Å²) in [6.07, 6.45) is 0. The number of rotatable bonds is 2. The third-order valence-electron chi connectivity index (χ3n) is 1.27. The average Bonchev–Trinajstić information content (AvgIpc) is 1.59. The predicted octanol–water partition coefficient (Wildman–Crippen LogP) is 1.78. The lowest BCUT2D eigenvalue weighted by Crippen LogP contribution is -2.32. The zero-order valence-corrected chi connectivity index (χ0v) is 7.14. The van der Waals surface area contributed by atoms with Crippen molar-refractivity contribution in [3.8, 4) is 0 Å². The summed E-state index contributed by atoms with van der Waals surface area (Å²) in [5.41, 5.74) is 0.808. The van der Waals surface area contributed by atoms with Crippen molar-refractivity contribution < 1.29 is 4.79 Å². The molecule has 0 aliphatic rings. The highest BCUT2D eigenvalue weighted by Gasteiger charge is 2.11. The number of allylic oxidation sites excluding steroid dienone is 1. The molecule has 0 radical (unpaired) electrons. The van der Waals surface area contributed by atoms with Gasteiger partial charge in [-0.05, 0) is 20.8 Å². The fraction of sp³-hybridized carbons (Fsp3) is 0.625. The second-order valence-corrected chi connectivity index (χ2v) is 2.72. The number of hydrogen-bond donors (Lipinski definition) is 0. The predicted molar refractivity (Wildman–Crippen MR) is 42.5 cm³/mol. The van der Waals surface area contributed by atoms with Gasteiger partial charge in [0.2, 0.25) is 5.91 Å². The molecular formula is C8H15NO. The highest BCUT2D eigenvalue weighted by Crippen LogP contribution is 2.05. The minimum atomic E-state index is 0.0579. The summed E-state index contributed by atoms with van der Waals surface area (Å²) in [7, 11) is 0. The van der Waals surface area contributed by atoms with E-state index in [4.69, 9.17) is 0 Å². The molecule has 0 saturated carbocycles. The Morgan fingerprint density at radius 2 is 1.80 bits per heavy atom. The standard InChI is InChI=1S/C8H15NO/c1-6(2)9(7(3)4)8(5)10/h7H,1H2,2-5H3. The Bertz CT molecular complexity index is 135. The van der Waals surface area contributed by atoms with E-state index in [0.29, 0.717) is 0 Å². The lowest BCUT2D eigenvalue weighted by atomic mass is 10.3. The normalized spacial score (nSPS) is 9.70. The van der Waals surface area contributed by atoms with Gasteiger partial charge in [0, 0.05) is 18.7 Å². The van der Waals surface area contributed by atoms with Crippen LogP contribution in [0.25, 0.3) is 0 Å². The SMILES string of the molecule is C=C(C)N(C(C)=O)C(C)C. The first-order valence-electron chi connectivity index (χ1n) is 3.42.